The quantitative estimate of drug-likeness (QED) is 0.645. The molecular weight excluding hydrogens is 206 g/mol. The van der Waals surface area contributed by atoms with Gasteiger partial charge in [-0.05, 0) is 0 Å². The van der Waals surface area contributed by atoms with Gasteiger partial charge in [0.2, 0.25) is 5.13 Å². The summed E-state index contributed by atoms with van der Waals surface area (Å²) in [5, 5.41) is 4.41. The molecule has 0 radical (unpaired) electrons. The lowest BCUT2D eigenvalue weighted by Gasteiger charge is -1.91. The number of esters is 1. The maximum Gasteiger partial charge on any atom is 0.377 e. The third kappa shape index (κ3) is 1.46. The van der Waals surface area contributed by atoms with Gasteiger partial charge in [-0.1, -0.05) is 0 Å². The van der Waals surface area contributed by atoms with Crippen molar-refractivity contribution in [3.8, 4) is 5.13 Å². The monoisotopic (exact) mass is 211 g/mol. The molecule has 0 aliphatic rings. The van der Waals surface area contributed by atoms with Crippen LogP contribution in [0.3, 0.4) is 0 Å². The van der Waals surface area contributed by atoms with Gasteiger partial charge in [0.25, 0.3) is 5.82 Å². The number of aromatic nitrogens is 5. The minimum absolute atomic E-state index is 0.00250. The van der Waals surface area contributed by atoms with Crippen molar-refractivity contribution in [3.05, 3.63) is 18.5 Å². The van der Waals surface area contributed by atoms with Gasteiger partial charge >= 0.3 is 5.97 Å². The first kappa shape index (κ1) is 8.75. The van der Waals surface area contributed by atoms with E-state index in [0.29, 0.717) is 5.13 Å². The van der Waals surface area contributed by atoms with E-state index in [1.807, 2.05) is 0 Å². The largest absolute Gasteiger partial charge is 0.463 e. The molecule has 8 heteroatoms. The van der Waals surface area contributed by atoms with E-state index in [2.05, 4.69) is 24.2 Å². The average molecular weight is 211 g/mol. The predicted octanol–water partition coefficient (Wildman–Crippen LogP) is -0.0946. The molecule has 2 aromatic rings. The van der Waals surface area contributed by atoms with Crippen LogP contribution in [0.4, 0.5) is 0 Å². The summed E-state index contributed by atoms with van der Waals surface area (Å²) in [5.41, 5.74) is 0. The van der Waals surface area contributed by atoms with Crippen LogP contribution in [0.15, 0.2) is 12.7 Å². The molecule has 0 amide bonds. The van der Waals surface area contributed by atoms with Crippen LogP contribution in [0, 0.1) is 0 Å². The molecule has 72 valence electrons. The van der Waals surface area contributed by atoms with Crippen LogP contribution in [-0.4, -0.2) is 37.2 Å². The summed E-state index contributed by atoms with van der Waals surface area (Å²) >= 11 is 1.16. The Morgan fingerprint density at radius 3 is 3.07 bits per heavy atom. The molecule has 2 aromatic heterocycles. The van der Waals surface area contributed by atoms with E-state index in [-0.39, 0.29) is 5.82 Å². The summed E-state index contributed by atoms with van der Waals surface area (Å²) in [6.45, 7) is 0. The lowest BCUT2D eigenvalue weighted by molar-refractivity contribution is 0.0587. The first-order valence-corrected chi connectivity index (χ1v) is 4.35. The smallest absolute Gasteiger partial charge is 0.377 e. The Bertz CT molecular complexity index is 437. The fraction of sp³-hybridized carbons (Fsp3) is 0.167. The Kier molecular flexibility index (Phi) is 2.19. The zero-order chi connectivity index (χ0) is 9.97. The normalized spacial score (nSPS) is 10.1. The first-order chi connectivity index (χ1) is 6.81. The molecule has 7 nitrogen and oxygen atoms in total. The third-order valence-corrected chi connectivity index (χ3v) is 2.06. The number of nitrogens with zero attached hydrogens (tertiary/aromatic N) is 5. The van der Waals surface area contributed by atoms with Crippen molar-refractivity contribution in [2.75, 3.05) is 7.11 Å². The van der Waals surface area contributed by atoms with Crippen molar-refractivity contribution in [2.45, 2.75) is 0 Å². The number of ether oxygens (including phenoxy) is 1. The van der Waals surface area contributed by atoms with Gasteiger partial charge < -0.3 is 4.74 Å². The molecule has 0 aromatic carbocycles. The van der Waals surface area contributed by atoms with Crippen LogP contribution in [-0.2, 0) is 4.74 Å². The molecule has 0 fully saturated rings. The fourth-order valence-electron chi connectivity index (χ4n) is 0.808. The van der Waals surface area contributed by atoms with Gasteiger partial charge in [-0.3, -0.25) is 0 Å². The molecule has 0 unspecified atom stereocenters. The minimum atomic E-state index is -0.576. The minimum Gasteiger partial charge on any atom is -0.463 e. The molecular formula is C6H5N5O2S. The van der Waals surface area contributed by atoms with E-state index in [1.165, 1.54) is 24.4 Å². The summed E-state index contributed by atoms with van der Waals surface area (Å²) in [6.07, 6.45) is 2.78. The molecule has 0 spiro atoms. The topological polar surface area (TPSA) is 82.8 Å². The standard InChI is InChI=1S/C6H5N5O2S/c1-13-5(12)4-8-3-11(10-4)6-7-2-9-14-6/h2-3H,1H3. The summed E-state index contributed by atoms with van der Waals surface area (Å²) in [6, 6.07) is 0. The Hall–Kier alpha value is -1.83. The van der Waals surface area contributed by atoms with Gasteiger partial charge in [-0.2, -0.15) is 9.06 Å². The van der Waals surface area contributed by atoms with Gasteiger partial charge in [0, 0.05) is 11.5 Å². The van der Waals surface area contributed by atoms with Crippen LogP contribution >= 0.6 is 11.5 Å². The molecule has 0 atom stereocenters. The molecule has 2 heterocycles. The number of hydrogen-bond donors (Lipinski definition) is 0. The van der Waals surface area contributed by atoms with Crippen LogP contribution in [0.2, 0.25) is 0 Å². The van der Waals surface area contributed by atoms with Crippen molar-refractivity contribution in [3.63, 3.8) is 0 Å². The molecule has 0 aliphatic carbocycles. The van der Waals surface area contributed by atoms with Crippen LogP contribution in [0.5, 0.6) is 0 Å². The van der Waals surface area contributed by atoms with Crippen molar-refractivity contribution in [1.82, 2.24) is 24.1 Å². The molecule has 2 rings (SSSR count). The second-order valence-electron chi connectivity index (χ2n) is 2.23. The van der Waals surface area contributed by atoms with Gasteiger partial charge in [0.05, 0.1) is 7.11 Å². The van der Waals surface area contributed by atoms with E-state index < -0.39 is 5.97 Å². The van der Waals surface area contributed by atoms with Crippen LogP contribution in [0.25, 0.3) is 5.13 Å². The molecule has 14 heavy (non-hydrogen) atoms. The van der Waals surface area contributed by atoms with E-state index in [0.717, 1.165) is 11.5 Å². The first-order valence-electron chi connectivity index (χ1n) is 3.58. The van der Waals surface area contributed by atoms with Crippen LogP contribution < -0.4 is 0 Å². The van der Waals surface area contributed by atoms with Gasteiger partial charge in [-0.15, -0.1) is 5.10 Å². The lowest BCUT2D eigenvalue weighted by Crippen LogP contribution is -2.04. The number of hydrogen-bond acceptors (Lipinski definition) is 7. The van der Waals surface area contributed by atoms with E-state index in [9.17, 15) is 4.79 Å². The predicted molar refractivity (Wildman–Crippen MR) is 46.2 cm³/mol. The second-order valence-corrected chi connectivity index (χ2v) is 2.99. The highest BCUT2D eigenvalue weighted by molar-refractivity contribution is 7.07. The van der Waals surface area contributed by atoms with E-state index >= 15 is 0 Å². The Morgan fingerprint density at radius 2 is 2.43 bits per heavy atom. The molecule has 0 aliphatic heterocycles. The summed E-state index contributed by atoms with van der Waals surface area (Å²) in [7, 11) is 1.27. The Balaban J connectivity index is 2.31. The van der Waals surface area contributed by atoms with E-state index in [1.54, 1.807) is 0 Å². The maximum atomic E-state index is 11.0. The zero-order valence-corrected chi connectivity index (χ0v) is 7.93. The Labute approximate surface area is 82.5 Å². The van der Waals surface area contributed by atoms with Crippen molar-refractivity contribution >= 4 is 17.5 Å². The third-order valence-electron chi connectivity index (χ3n) is 1.41. The fourth-order valence-corrected chi connectivity index (χ4v) is 1.26. The maximum absolute atomic E-state index is 11.0. The molecule has 0 bridgehead atoms. The number of carbonyl (C=O) groups is 1. The highest BCUT2D eigenvalue weighted by Crippen LogP contribution is 2.05. The van der Waals surface area contributed by atoms with Crippen molar-refractivity contribution in [2.24, 2.45) is 0 Å². The molecule has 0 saturated carbocycles. The summed E-state index contributed by atoms with van der Waals surface area (Å²) < 4.78 is 9.62. The SMILES string of the molecule is COC(=O)c1ncn(-c2ncns2)n1. The van der Waals surface area contributed by atoms with Gasteiger partial charge in [0.1, 0.15) is 12.7 Å². The van der Waals surface area contributed by atoms with Gasteiger partial charge in [0.15, 0.2) is 0 Å². The van der Waals surface area contributed by atoms with E-state index in [4.69, 9.17) is 0 Å². The number of carbonyl (C=O) groups excluding carboxylic acids is 1. The molecule has 0 N–H and O–H groups in total. The van der Waals surface area contributed by atoms with Crippen molar-refractivity contribution < 1.29 is 9.53 Å². The average Bonchev–Trinajstić information content (AvgIpc) is 2.86. The highest BCUT2D eigenvalue weighted by Gasteiger charge is 2.12. The Morgan fingerprint density at radius 1 is 1.57 bits per heavy atom. The number of rotatable bonds is 2. The highest BCUT2D eigenvalue weighted by atomic mass is 32.1. The number of methoxy groups -OCH3 is 1. The van der Waals surface area contributed by atoms with Crippen LogP contribution in [0.1, 0.15) is 10.6 Å². The zero-order valence-electron chi connectivity index (χ0n) is 7.12. The molecule has 0 saturated heterocycles. The van der Waals surface area contributed by atoms with Gasteiger partial charge in [-0.25, -0.2) is 14.8 Å². The van der Waals surface area contributed by atoms with Crippen molar-refractivity contribution in [1.29, 1.82) is 0 Å². The summed E-state index contributed by atoms with van der Waals surface area (Å²) in [5.74, 6) is -0.573. The lowest BCUT2D eigenvalue weighted by atomic mass is 10.6. The summed E-state index contributed by atoms with van der Waals surface area (Å²) in [4.78, 5) is 18.7. The second kappa shape index (κ2) is 3.50.